The summed E-state index contributed by atoms with van der Waals surface area (Å²) in [7, 11) is 0. The van der Waals surface area contributed by atoms with Crippen molar-refractivity contribution in [2.75, 3.05) is 0 Å². The van der Waals surface area contributed by atoms with Gasteiger partial charge in [-0.3, -0.25) is 9.36 Å². The van der Waals surface area contributed by atoms with E-state index in [1.807, 2.05) is 0 Å². The molecule has 150 valence electrons. The average molecular weight is 428 g/mol. The Balaban J connectivity index is 2.16. The van der Waals surface area contributed by atoms with Gasteiger partial charge in [0.05, 0.1) is 10.5 Å². The number of rotatable bonds is 4. The zero-order valence-corrected chi connectivity index (χ0v) is 16.1. The number of halogens is 4. The van der Waals surface area contributed by atoms with Gasteiger partial charge in [0.1, 0.15) is 29.4 Å². The van der Waals surface area contributed by atoms with Crippen molar-refractivity contribution >= 4 is 28.8 Å². The number of hydrogen-bond acceptors (Lipinski definition) is 2. The molecule has 0 aliphatic carbocycles. The summed E-state index contributed by atoms with van der Waals surface area (Å²) in [6.07, 6.45) is 0.677. The average Bonchev–Trinajstić information content (AvgIpc) is 2.69. The number of fused-ring (bicyclic) bond motifs is 1. The Morgan fingerprint density at radius 1 is 0.900 bits per heavy atom. The quantitative estimate of drug-likeness (QED) is 0.405. The first kappa shape index (κ1) is 19.9. The molecule has 4 aromatic rings. The minimum atomic E-state index is -0.910. The lowest BCUT2D eigenvalue weighted by Gasteiger charge is -2.16. The normalized spacial score (nSPS) is 11.1. The van der Waals surface area contributed by atoms with Crippen LogP contribution >= 0.6 is 11.6 Å². The van der Waals surface area contributed by atoms with Gasteiger partial charge in [-0.25, -0.2) is 13.2 Å². The standard InChI is InChI=1S/C23H13ClF3NO2/c24-18-12-14(25)4-5-15(18)17-10-13(8-9-29)11-21-16(17)6-7-22(30)28(21)23-19(26)2-1-3-20(23)27/h1-7,9-12H,8H2. The highest BCUT2D eigenvalue weighted by Crippen LogP contribution is 2.35. The molecule has 3 nitrogen and oxygen atoms in total. The highest BCUT2D eigenvalue weighted by atomic mass is 35.5. The molecule has 4 rings (SSSR count). The third kappa shape index (κ3) is 3.39. The van der Waals surface area contributed by atoms with Gasteiger partial charge in [-0.15, -0.1) is 0 Å². The lowest BCUT2D eigenvalue weighted by Crippen LogP contribution is -2.20. The third-order valence-electron chi connectivity index (χ3n) is 4.77. The van der Waals surface area contributed by atoms with Crippen molar-refractivity contribution in [2.24, 2.45) is 0 Å². The molecule has 0 N–H and O–H groups in total. The number of nitrogens with zero attached hydrogens (tertiary/aromatic N) is 1. The zero-order chi connectivity index (χ0) is 21.4. The molecule has 1 aromatic heterocycles. The van der Waals surface area contributed by atoms with Crippen LogP contribution in [-0.2, 0) is 11.2 Å². The molecule has 0 unspecified atom stereocenters. The summed E-state index contributed by atoms with van der Waals surface area (Å²) in [6, 6.07) is 13.0. The Labute approximate surface area is 174 Å². The van der Waals surface area contributed by atoms with Gasteiger partial charge in [0.2, 0.25) is 0 Å². The molecule has 0 saturated carbocycles. The first-order valence-electron chi connectivity index (χ1n) is 8.93. The summed E-state index contributed by atoms with van der Waals surface area (Å²) in [5, 5.41) is 0.579. The van der Waals surface area contributed by atoms with E-state index < -0.39 is 28.7 Å². The molecule has 3 aromatic carbocycles. The van der Waals surface area contributed by atoms with Gasteiger partial charge in [0.15, 0.2) is 0 Å². The zero-order valence-electron chi connectivity index (χ0n) is 15.3. The second-order valence-corrected chi connectivity index (χ2v) is 7.06. The van der Waals surface area contributed by atoms with E-state index >= 15 is 0 Å². The molecule has 0 spiro atoms. The lowest BCUT2D eigenvalue weighted by atomic mass is 9.96. The van der Waals surface area contributed by atoms with Crippen molar-refractivity contribution in [2.45, 2.75) is 6.42 Å². The molecule has 0 fully saturated rings. The van der Waals surface area contributed by atoms with E-state index in [0.29, 0.717) is 28.4 Å². The molecule has 0 atom stereocenters. The SMILES string of the molecule is O=CCc1cc(-c2ccc(F)cc2Cl)c2ccc(=O)n(-c3c(F)cccc3F)c2c1. The topological polar surface area (TPSA) is 39.1 Å². The summed E-state index contributed by atoms with van der Waals surface area (Å²) in [5.74, 6) is -2.35. The molecule has 0 bridgehead atoms. The number of para-hydroxylation sites is 1. The highest BCUT2D eigenvalue weighted by Gasteiger charge is 2.18. The monoisotopic (exact) mass is 427 g/mol. The van der Waals surface area contributed by atoms with Crippen LogP contribution in [0.5, 0.6) is 0 Å². The van der Waals surface area contributed by atoms with E-state index in [2.05, 4.69) is 0 Å². The van der Waals surface area contributed by atoms with Crippen LogP contribution in [0.2, 0.25) is 5.02 Å². The summed E-state index contributed by atoms with van der Waals surface area (Å²) < 4.78 is 43.5. The summed E-state index contributed by atoms with van der Waals surface area (Å²) >= 11 is 6.23. The highest BCUT2D eigenvalue weighted by molar-refractivity contribution is 6.33. The fourth-order valence-electron chi connectivity index (χ4n) is 3.48. The van der Waals surface area contributed by atoms with Crippen LogP contribution < -0.4 is 5.56 Å². The number of carbonyl (C=O) groups excluding carboxylic acids is 1. The van der Waals surface area contributed by atoms with Crippen LogP contribution in [0.1, 0.15) is 5.56 Å². The predicted molar refractivity (Wildman–Crippen MR) is 110 cm³/mol. The van der Waals surface area contributed by atoms with Crippen molar-refractivity contribution in [3.8, 4) is 16.8 Å². The number of benzene rings is 3. The minimum Gasteiger partial charge on any atom is -0.303 e. The minimum absolute atomic E-state index is 0.00456. The van der Waals surface area contributed by atoms with E-state index in [-0.39, 0.29) is 17.0 Å². The summed E-state index contributed by atoms with van der Waals surface area (Å²) in [4.78, 5) is 23.8. The van der Waals surface area contributed by atoms with Crippen molar-refractivity contribution in [3.05, 3.63) is 99.1 Å². The molecule has 0 aliphatic rings. The maximum Gasteiger partial charge on any atom is 0.255 e. The number of carbonyl (C=O) groups is 1. The Bertz CT molecular complexity index is 1340. The molecule has 0 saturated heterocycles. The van der Waals surface area contributed by atoms with E-state index in [0.717, 1.165) is 22.8 Å². The number of aromatic nitrogens is 1. The van der Waals surface area contributed by atoms with Gasteiger partial charge in [-0.1, -0.05) is 17.7 Å². The van der Waals surface area contributed by atoms with Gasteiger partial charge >= 0.3 is 0 Å². The van der Waals surface area contributed by atoms with Crippen molar-refractivity contribution in [3.63, 3.8) is 0 Å². The van der Waals surface area contributed by atoms with E-state index in [4.69, 9.17) is 11.6 Å². The molecule has 30 heavy (non-hydrogen) atoms. The number of pyridine rings is 1. The van der Waals surface area contributed by atoms with Gasteiger partial charge < -0.3 is 4.79 Å². The molecule has 0 aliphatic heterocycles. The van der Waals surface area contributed by atoms with E-state index in [1.54, 1.807) is 6.07 Å². The van der Waals surface area contributed by atoms with Crippen LogP contribution in [0.3, 0.4) is 0 Å². The van der Waals surface area contributed by atoms with Gasteiger partial charge in [-0.2, -0.15) is 0 Å². The Morgan fingerprint density at radius 2 is 1.63 bits per heavy atom. The second kappa shape index (κ2) is 7.80. The summed E-state index contributed by atoms with van der Waals surface area (Å²) in [5.41, 5.74) is 0.485. The molecule has 7 heteroatoms. The fourth-order valence-corrected chi connectivity index (χ4v) is 3.75. The van der Waals surface area contributed by atoms with Crippen LogP contribution in [0.15, 0.2) is 65.5 Å². The molecular weight excluding hydrogens is 415 g/mol. The largest absolute Gasteiger partial charge is 0.303 e. The van der Waals surface area contributed by atoms with Crippen molar-refractivity contribution in [1.29, 1.82) is 0 Å². The predicted octanol–water partition coefficient (Wildman–Crippen LogP) is 5.47. The molecular formula is C23H13ClF3NO2. The van der Waals surface area contributed by atoms with E-state index in [1.165, 1.54) is 36.4 Å². The van der Waals surface area contributed by atoms with Crippen LogP contribution in [-0.4, -0.2) is 10.9 Å². The Hall–Kier alpha value is -3.38. The van der Waals surface area contributed by atoms with Crippen LogP contribution in [0, 0.1) is 17.5 Å². The maximum atomic E-state index is 14.5. The maximum absolute atomic E-state index is 14.5. The molecule has 1 heterocycles. The van der Waals surface area contributed by atoms with Crippen LogP contribution in [0.25, 0.3) is 27.7 Å². The summed E-state index contributed by atoms with van der Waals surface area (Å²) in [6.45, 7) is 0. The van der Waals surface area contributed by atoms with Crippen molar-refractivity contribution < 1.29 is 18.0 Å². The van der Waals surface area contributed by atoms with Crippen LogP contribution in [0.4, 0.5) is 13.2 Å². The number of aldehydes is 1. The van der Waals surface area contributed by atoms with Gasteiger partial charge in [0, 0.05) is 23.4 Å². The lowest BCUT2D eigenvalue weighted by molar-refractivity contribution is -0.107. The molecule has 0 amide bonds. The number of hydrogen-bond donors (Lipinski definition) is 0. The van der Waals surface area contributed by atoms with Gasteiger partial charge in [-0.05, 0) is 59.7 Å². The fraction of sp³-hybridized carbons (Fsp3) is 0.0435. The first-order valence-corrected chi connectivity index (χ1v) is 9.30. The van der Waals surface area contributed by atoms with Crippen molar-refractivity contribution in [1.82, 2.24) is 4.57 Å². The Kier molecular flexibility index (Phi) is 5.18. The third-order valence-corrected chi connectivity index (χ3v) is 5.09. The Morgan fingerprint density at radius 3 is 2.30 bits per heavy atom. The molecule has 0 radical (unpaired) electrons. The van der Waals surface area contributed by atoms with Gasteiger partial charge in [0.25, 0.3) is 5.56 Å². The second-order valence-electron chi connectivity index (χ2n) is 6.65. The van der Waals surface area contributed by atoms with E-state index in [9.17, 15) is 22.8 Å². The smallest absolute Gasteiger partial charge is 0.255 e. The first-order chi connectivity index (χ1) is 14.4.